The average molecular weight is 274 g/mol. The number of rotatable bonds is 5. The minimum absolute atomic E-state index is 0.141. The zero-order valence-corrected chi connectivity index (χ0v) is 13.4. The number of aryl methyl sites for hydroxylation is 1. The van der Waals surface area contributed by atoms with Gasteiger partial charge in [0.15, 0.2) is 0 Å². The summed E-state index contributed by atoms with van der Waals surface area (Å²) in [5.41, 5.74) is 9.31. The molecule has 1 aliphatic heterocycles. The van der Waals surface area contributed by atoms with Crippen LogP contribution in [0.3, 0.4) is 0 Å². The Balaban J connectivity index is 2.14. The van der Waals surface area contributed by atoms with Gasteiger partial charge in [-0.05, 0) is 56.2 Å². The van der Waals surface area contributed by atoms with Crippen molar-refractivity contribution < 1.29 is 0 Å². The van der Waals surface area contributed by atoms with Crippen LogP contribution in [0.5, 0.6) is 0 Å². The van der Waals surface area contributed by atoms with Crippen molar-refractivity contribution >= 4 is 0 Å². The van der Waals surface area contributed by atoms with E-state index in [1.165, 1.54) is 43.4 Å². The zero-order valence-electron chi connectivity index (χ0n) is 13.4. The van der Waals surface area contributed by atoms with Crippen LogP contribution < -0.4 is 5.73 Å². The van der Waals surface area contributed by atoms with Crippen molar-refractivity contribution in [3.05, 3.63) is 35.4 Å². The molecule has 1 heterocycles. The number of hydrogen-bond acceptors (Lipinski definition) is 2. The van der Waals surface area contributed by atoms with Crippen LogP contribution in [0.2, 0.25) is 0 Å². The Labute approximate surface area is 124 Å². The molecule has 0 aromatic heterocycles. The number of benzene rings is 1. The van der Waals surface area contributed by atoms with Gasteiger partial charge in [0.05, 0.1) is 0 Å². The summed E-state index contributed by atoms with van der Waals surface area (Å²) >= 11 is 0. The number of nitrogens with zero attached hydrogens (tertiary/aromatic N) is 1. The normalized spacial score (nSPS) is 19.4. The average Bonchev–Trinajstić information content (AvgIpc) is 2.67. The van der Waals surface area contributed by atoms with Crippen molar-refractivity contribution in [1.82, 2.24) is 4.90 Å². The lowest BCUT2D eigenvalue weighted by Gasteiger charge is -2.41. The van der Waals surface area contributed by atoms with E-state index < -0.39 is 0 Å². The lowest BCUT2D eigenvalue weighted by Crippen LogP contribution is -2.51. The molecular weight excluding hydrogens is 244 g/mol. The minimum Gasteiger partial charge on any atom is -0.329 e. The summed E-state index contributed by atoms with van der Waals surface area (Å²) in [5, 5.41) is 0. The predicted molar refractivity (Wildman–Crippen MR) is 86.7 cm³/mol. The maximum atomic E-state index is 6.15. The van der Waals surface area contributed by atoms with E-state index in [4.69, 9.17) is 5.73 Å². The Kier molecular flexibility index (Phi) is 5.22. The molecule has 0 spiro atoms. The van der Waals surface area contributed by atoms with Crippen LogP contribution in [0.15, 0.2) is 24.3 Å². The molecule has 0 saturated carbocycles. The van der Waals surface area contributed by atoms with E-state index in [9.17, 15) is 0 Å². The highest BCUT2D eigenvalue weighted by atomic mass is 15.2. The van der Waals surface area contributed by atoms with Crippen molar-refractivity contribution in [2.24, 2.45) is 11.7 Å². The highest BCUT2D eigenvalue weighted by Gasteiger charge is 2.31. The molecule has 2 rings (SSSR count). The fourth-order valence-electron chi connectivity index (χ4n) is 3.15. The molecule has 0 fully saturated rings. The highest BCUT2D eigenvalue weighted by Crippen LogP contribution is 2.28. The molecule has 1 aliphatic rings. The Morgan fingerprint density at radius 2 is 1.95 bits per heavy atom. The molecule has 112 valence electrons. The second-order valence-corrected chi connectivity index (χ2v) is 6.93. The van der Waals surface area contributed by atoms with Gasteiger partial charge >= 0.3 is 0 Å². The summed E-state index contributed by atoms with van der Waals surface area (Å²) in [6.45, 7) is 9.93. The Hall–Kier alpha value is -0.860. The molecule has 1 unspecified atom stereocenters. The summed E-state index contributed by atoms with van der Waals surface area (Å²) in [7, 11) is 0. The summed E-state index contributed by atoms with van der Waals surface area (Å²) in [5.74, 6) is 0.750. The molecule has 1 aromatic rings. The molecule has 2 heteroatoms. The maximum Gasteiger partial charge on any atom is 0.0307 e. The molecule has 1 atom stereocenters. The summed E-state index contributed by atoms with van der Waals surface area (Å²) < 4.78 is 0. The van der Waals surface area contributed by atoms with Gasteiger partial charge in [-0.3, -0.25) is 4.90 Å². The van der Waals surface area contributed by atoms with Gasteiger partial charge in [-0.2, -0.15) is 0 Å². The zero-order chi connectivity index (χ0) is 14.6. The first-order chi connectivity index (χ1) is 9.55. The molecule has 0 bridgehead atoms. The number of nitrogens with two attached hydrogens (primary N) is 1. The molecule has 2 nitrogen and oxygen atoms in total. The third-order valence-corrected chi connectivity index (χ3v) is 4.82. The molecule has 0 amide bonds. The smallest absolute Gasteiger partial charge is 0.0307 e. The van der Waals surface area contributed by atoms with Gasteiger partial charge in [-0.25, -0.2) is 0 Å². The lowest BCUT2D eigenvalue weighted by molar-refractivity contribution is 0.0889. The van der Waals surface area contributed by atoms with E-state index in [1.807, 2.05) is 0 Å². The van der Waals surface area contributed by atoms with Crippen molar-refractivity contribution in [3.63, 3.8) is 0 Å². The Morgan fingerprint density at radius 3 is 2.60 bits per heavy atom. The lowest BCUT2D eigenvalue weighted by atomic mass is 9.89. The van der Waals surface area contributed by atoms with Gasteiger partial charge in [-0.1, -0.05) is 38.1 Å². The van der Waals surface area contributed by atoms with Crippen LogP contribution in [-0.2, 0) is 13.0 Å². The van der Waals surface area contributed by atoms with Crippen LogP contribution in [0.25, 0.3) is 0 Å². The number of hydrogen-bond donors (Lipinski definition) is 1. The van der Waals surface area contributed by atoms with Gasteiger partial charge in [0.2, 0.25) is 0 Å². The van der Waals surface area contributed by atoms with Gasteiger partial charge in [0, 0.05) is 18.6 Å². The predicted octanol–water partition coefficient (Wildman–Crippen LogP) is 3.59. The topological polar surface area (TPSA) is 29.3 Å². The largest absolute Gasteiger partial charge is 0.329 e. The second-order valence-electron chi connectivity index (χ2n) is 6.93. The van der Waals surface area contributed by atoms with Crippen LogP contribution in [0.1, 0.15) is 51.2 Å². The highest BCUT2D eigenvalue weighted by molar-refractivity contribution is 5.28. The Bertz CT molecular complexity index is 427. The van der Waals surface area contributed by atoms with Crippen LogP contribution in [0.4, 0.5) is 0 Å². The first-order valence-electron chi connectivity index (χ1n) is 8.07. The molecule has 2 N–H and O–H groups in total. The van der Waals surface area contributed by atoms with Gasteiger partial charge in [0.1, 0.15) is 0 Å². The fraction of sp³-hybridized carbons (Fsp3) is 0.667. The van der Waals surface area contributed by atoms with Crippen molar-refractivity contribution in [3.8, 4) is 0 Å². The van der Waals surface area contributed by atoms with Crippen LogP contribution in [-0.4, -0.2) is 23.5 Å². The SMILES string of the molecule is CC(C)CCC(C)(CN)N1CCCc2ccccc2C1. The van der Waals surface area contributed by atoms with E-state index in [1.54, 1.807) is 0 Å². The van der Waals surface area contributed by atoms with E-state index in [0.29, 0.717) is 0 Å². The summed E-state index contributed by atoms with van der Waals surface area (Å²) in [6, 6.07) is 8.89. The van der Waals surface area contributed by atoms with Gasteiger partial charge in [-0.15, -0.1) is 0 Å². The molecular formula is C18H30N2. The fourth-order valence-corrected chi connectivity index (χ4v) is 3.15. The first kappa shape index (κ1) is 15.5. The summed E-state index contributed by atoms with van der Waals surface area (Å²) in [4.78, 5) is 2.63. The van der Waals surface area contributed by atoms with Crippen molar-refractivity contribution in [1.29, 1.82) is 0 Å². The third-order valence-electron chi connectivity index (χ3n) is 4.82. The van der Waals surface area contributed by atoms with Gasteiger partial charge in [0.25, 0.3) is 0 Å². The third kappa shape index (κ3) is 3.62. The number of fused-ring (bicyclic) bond motifs is 1. The molecule has 20 heavy (non-hydrogen) atoms. The van der Waals surface area contributed by atoms with E-state index in [0.717, 1.165) is 19.0 Å². The van der Waals surface area contributed by atoms with Gasteiger partial charge < -0.3 is 5.73 Å². The van der Waals surface area contributed by atoms with E-state index in [-0.39, 0.29) is 5.54 Å². The molecule has 1 aromatic carbocycles. The second kappa shape index (κ2) is 6.73. The molecule has 0 aliphatic carbocycles. The van der Waals surface area contributed by atoms with Crippen molar-refractivity contribution in [2.75, 3.05) is 13.1 Å². The summed E-state index contributed by atoms with van der Waals surface area (Å²) in [6.07, 6.45) is 4.90. The van der Waals surface area contributed by atoms with Crippen LogP contribution >= 0.6 is 0 Å². The van der Waals surface area contributed by atoms with Crippen LogP contribution in [0, 0.1) is 5.92 Å². The standard InChI is InChI=1S/C18H30N2/c1-15(2)10-11-18(3,14-19)20-12-6-9-16-7-4-5-8-17(16)13-20/h4-5,7-8,15H,6,9-14,19H2,1-3H3. The molecule has 0 saturated heterocycles. The maximum absolute atomic E-state index is 6.15. The first-order valence-corrected chi connectivity index (χ1v) is 8.07. The minimum atomic E-state index is 0.141. The molecule has 0 radical (unpaired) electrons. The quantitative estimate of drug-likeness (QED) is 0.889. The van der Waals surface area contributed by atoms with E-state index >= 15 is 0 Å². The Morgan fingerprint density at radius 1 is 1.25 bits per heavy atom. The monoisotopic (exact) mass is 274 g/mol. The van der Waals surface area contributed by atoms with E-state index in [2.05, 4.69) is 49.9 Å². The van der Waals surface area contributed by atoms with Crippen molar-refractivity contribution in [2.45, 2.75) is 58.5 Å².